The van der Waals surface area contributed by atoms with Crippen LogP contribution in [0.4, 0.5) is 11.4 Å². The van der Waals surface area contributed by atoms with Gasteiger partial charge in [0.25, 0.3) is 0 Å². The van der Waals surface area contributed by atoms with E-state index in [2.05, 4.69) is 5.32 Å². The van der Waals surface area contributed by atoms with Gasteiger partial charge in [-0.2, -0.15) is 0 Å². The molecule has 1 fully saturated rings. The molecule has 2 amide bonds. The number of benzene rings is 2. The number of nitrogens with one attached hydrogen (secondary N) is 1. The zero-order chi connectivity index (χ0) is 18.0. The summed E-state index contributed by atoms with van der Waals surface area (Å²) in [5.74, 6) is -0.665. The average Bonchev–Trinajstić information content (AvgIpc) is 2.99. The number of hydrogen-bond donors (Lipinski definition) is 1. The van der Waals surface area contributed by atoms with Crippen molar-refractivity contribution in [3.05, 3.63) is 58.1 Å². The van der Waals surface area contributed by atoms with Gasteiger partial charge in [0.2, 0.25) is 11.8 Å². The van der Waals surface area contributed by atoms with Gasteiger partial charge in [0.15, 0.2) is 0 Å². The number of aryl methyl sites for hydroxylation is 1. The quantitative estimate of drug-likeness (QED) is 0.850. The van der Waals surface area contributed by atoms with Crippen molar-refractivity contribution in [3.8, 4) is 0 Å². The first kappa shape index (κ1) is 17.8. The van der Waals surface area contributed by atoms with Gasteiger partial charge in [-0.15, -0.1) is 0 Å². The predicted octanol–water partition coefficient (Wildman–Crippen LogP) is 4.55. The first-order valence-corrected chi connectivity index (χ1v) is 8.89. The van der Waals surface area contributed by atoms with E-state index in [4.69, 9.17) is 23.2 Å². The van der Waals surface area contributed by atoms with Crippen molar-refractivity contribution in [1.82, 2.24) is 0 Å². The van der Waals surface area contributed by atoms with Gasteiger partial charge in [0, 0.05) is 23.7 Å². The second kappa shape index (κ2) is 7.46. The Kier molecular flexibility index (Phi) is 5.30. The lowest BCUT2D eigenvalue weighted by Gasteiger charge is -2.20. The van der Waals surface area contributed by atoms with E-state index >= 15 is 0 Å². The molecule has 1 saturated heterocycles. The topological polar surface area (TPSA) is 49.4 Å². The molecule has 1 N–H and O–H groups in total. The molecule has 25 heavy (non-hydrogen) atoms. The lowest BCUT2D eigenvalue weighted by atomic mass is 10.1. The fourth-order valence-corrected chi connectivity index (χ4v) is 3.47. The van der Waals surface area contributed by atoms with Crippen LogP contribution in [0.3, 0.4) is 0 Å². The fraction of sp³-hybridized carbons (Fsp3) is 0.263. The highest BCUT2D eigenvalue weighted by Crippen LogP contribution is 2.30. The van der Waals surface area contributed by atoms with E-state index in [1.165, 1.54) is 0 Å². The van der Waals surface area contributed by atoms with Crippen LogP contribution in [0.1, 0.15) is 18.9 Å². The third-order valence-corrected chi connectivity index (χ3v) is 4.90. The second-order valence-electron chi connectivity index (χ2n) is 6.00. The Hall–Kier alpha value is -2.04. The molecule has 1 atom stereocenters. The van der Waals surface area contributed by atoms with E-state index < -0.39 is 5.92 Å². The number of carbonyl (C=O) groups excluding carboxylic acids is 2. The zero-order valence-corrected chi connectivity index (χ0v) is 15.3. The summed E-state index contributed by atoms with van der Waals surface area (Å²) in [6.07, 6.45) is 1.02. The van der Waals surface area contributed by atoms with Crippen molar-refractivity contribution in [2.75, 3.05) is 16.8 Å². The minimum Gasteiger partial charge on any atom is -0.324 e. The maximum atomic E-state index is 12.5. The van der Waals surface area contributed by atoms with Crippen molar-refractivity contribution in [1.29, 1.82) is 0 Å². The van der Waals surface area contributed by atoms with Gasteiger partial charge in [-0.05, 0) is 36.2 Å². The number of hydrogen-bond acceptors (Lipinski definition) is 2. The molecule has 0 saturated carbocycles. The zero-order valence-electron chi connectivity index (χ0n) is 13.8. The summed E-state index contributed by atoms with van der Waals surface area (Å²) in [5.41, 5.74) is 2.48. The largest absolute Gasteiger partial charge is 0.324 e. The van der Waals surface area contributed by atoms with E-state index in [1.807, 2.05) is 31.2 Å². The summed E-state index contributed by atoms with van der Waals surface area (Å²) in [6, 6.07) is 12.7. The van der Waals surface area contributed by atoms with Gasteiger partial charge in [-0.3, -0.25) is 9.59 Å². The Balaban J connectivity index is 1.74. The average molecular weight is 377 g/mol. The monoisotopic (exact) mass is 376 g/mol. The van der Waals surface area contributed by atoms with Gasteiger partial charge in [0.1, 0.15) is 0 Å². The summed E-state index contributed by atoms with van der Waals surface area (Å²) in [4.78, 5) is 26.7. The van der Waals surface area contributed by atoms with Crippen LogP contribution in [-0.2, 0) is 16.0 Å². The molecule has 4 nitrogen and oxygen atoms in total. The Morgan fingerprint density at radius 1 is 1.24 bits per heavy atom. The molecular weight excluding hydrogens is 359 g/mol. The van der Waals surface area contributed by atoms with E-state index in [0.29, 0.717) is 22.3 Å². The lowest BCUT2D eigenvalue weighted by Crippen LogP contribution is -2.28. The Morgan fingerprint density at radius 2 is 2.00 bits per heavy atom. The summed E-state index contributed by atoms with van der Waals surface area (Å²) in [5, 5.41) is 3.67. The minimum atomic E-state index is -0.413. The molecular formula is C19H18Cl2N2O2. The SMILES string of the molecule is CCc1ccccc1N1C[C@H](C(=O)Nc2ccc(Cl)cc2Cl)CC1=O. The van der Waals surface area contributed by atoms with E-state index in [0.717, 1.165) is 17.7 Å². The molecule has 1 aliphatic heterocycles. The van der Waals surface area contributed by atoms with E-state index in [-0.39, 0.29) is 18.2 Å². The smallest absolute Gasteiger partial charge is 0.229 e. The van der Waals surface area contributed by atoms with Gasteiger partial charge < -0.3 is 10.2 Å². The van der Waals surface area contributed by atoms with Crippen molar-refractivity contribution in [3.63, 3.8) is 0 Å². The normalized spacial score (nSPS) is 17.0. The molecule has 0 aliphatic carbocycles. The molecule has 0 bridgehead atoms. The molecule has 0 aromatic heterocycles. The van der Waals surface area contributed by atoms with Crippen LogP contribution in [0.15, 0.2) is 42.5 Å². The van der Waals surface area contributed by atoms with Crippen LogP contribution in [0.2, 0.25) is 10.0 Å². The number of anilines is 2. The lowest BCUT2D eigenvalue weighted by molar-refractivity contribution is -0.122. The predicted molar refractivity (Wildman–Crippen MR) is 101 cm³/mol. The van der Waals surface area contributed by atoms with Crippen LogP contribution >= 0.6 is 23.2 Å². The molecule has 2 aromatic rings. The molecule has 0 spiro atoms. The number of rotatable bonds is 4. The van der Waals surface area contributed by atoms with Gasteiger partial charge in [0.05, 0.1) is 16.6 Å². The molecule has 130 valence electrons. The van der Waals surface area contributed by atoms with Crippen molar-refractivity contribution in [2.24, 2.45) is 5.92 Å². The molecule has 0 unspecified atom stereocenters. The van der Waals surface area contributed by atoms with Gasteiger partial charge >= 0.3 is 0 Å². The highest BCUT2D eigenvalue weighted by atomic mass is 35.5. The molecule has 6 heteroatoms. The fourth-order valence-electron chi connectivity index (χ4n) is 3.01. The summed E-state index contributed by atoms with van der Waals surface area (Å²) >= 11 is 12.0. The van der Waals surface area contributed by atoms with Gasteiger partial charge in [-0.25, -0.2) is 0 Å². The van der Waals surface area contributed by atoms with Crippen molar-refractivity contribution in [2.45, 2.75) is 19.8 Å². The van der Waals surface area contributed by atoms with E-state index in [1.54, 1.807) is 23.1 Å². The second-order valence-corrected chi connectivity index (χ2v) is 6.84. The number of carbonyl (C=O) groups is 2. The number of halogens is 2. The molecule has 2 aromatic carbocycles. The Morgan fingerprint density at radius 3 is 2.72 bits per heavy atom. The van der Waals surface area contributed by atoms with Crippen LogP contribution < -0.4 is 10.2 Å². The van der Waals surface area contributed by atoms with Crippen LogP contribution in [-0.4, -0.2) is 18.4 Å². The Bertz CT molecular complexity index is 823. The Labute approximate surface area is 156 Å². The third-order valence-electron chi connectivity index (χ3n) is 4.35. The summed E-state index contributed by atoms with van der Waals surface area (Å²) < 4.78 is 0. The van der Waals surface area contributed by atoms with E-state index in [9.17, 15) is 9.59 Å². The van der Waals surface area contributed by atoms with Crippen molar-refractivity contribution < 1.29 is 9.59 Å². The van der Waals surface area contributed by atoms with Gasteiger partial charge in [-0.1, -0.05) is 48.3 Å². The van der Waals surface area contributed by atoms with Crippen molar-refractivity contribution >= 4 is 46.4 Å². The van der Waals surface area contributed by atoms with Crippen LogP contribution in [0.25, 0.3) is 0 Å². The highest BCUT2D eigenvalue weighted by Gasteiger charge is 2.35. The van der Waals surface area contributed by atoms with Crippen LogP contribution in [0, 0.1) is 5.92 Å². The molecule has 0 radical (unpaired) electrons. The standard InChI is InChI=1S/C19H18Cl2N2O2/c1-2-12-5-3-4-6-17(12)23-11-13(9-18(23)24)19(25)22-16-8-7-14(20)10-15(16)21/h3-8,10,13H,2,9,11H2,1H3,(H,22,25)/t13-/m1/s1. The summed E-state index contributed by atoms with van der Waals surface area (Å²) in [6.45, 7) is 2.42. The molecule has 3 rings (SSSR count). The molecule has 1 heterocycles. The van der Waals surface area contributed by atoms with Crippen LogP contribution in [0.5, 0.6) is 0 Å². The maximum absolute atomic E-state index is 12.5. The summed E-state index contributed by atoms with van der Waals surface area (Å²) in [7, 11) is 0. The highest BCUT2D eigenvalue weighted by molar-refractivity contribution is 6.36. The minimum absolute atomic E-state index is 0.0387. The third kappa shape index (κ3) is 3.80. The maximum Gasteiger partial charge on any atom is 0.229 e. The number of nitrogens with zero attached hydrogens (tertiary/aromatic N) is 1. The molecule has 1 aliphatic rings. The number of para-hydroxylation sites is 1. The first-order chi connectivity index (χ1) is 12.0. The first-order valence-electron chi connectivity index (χ1n) is 8.13. The number of amides is 2.